The van der Waals surface area contributed by atoms with E-state index < -0.39 is 0 Å². The van der Waals surface area contributed by atoms with E-state index in [1.165, 1.54) is 0 Å². The largest absolute Gasteiger partial charge is 0.358 e. The Balaban J connectivity index is 0. The van der Waals surface area contributed by atoms with E-state index in [-0.39, 0.29) is 33.3 Å². The first-order chi connectivity index (χ1) is 5.00. The van der Waals surface area contributed by atoms with Gasteiger partial charge in [-0.3, -0.25) is 0 Å². The minimum atomic E-state index is 0. The maximum absolute atomic E-state index is 2.00. The summed E-state index contributed by atoms with van der Waals surface area (Å²) < 4.78 is 0. The van der Waals surface area contributed by atoms with Gasteiger partial charge in [0.15, 0.2) is 0 Å². The summed E-state index contributed by atoms with van der Waals surface area (Å²) in [5, 5.41) is 0. The summed E-state index contributed by atoms with van der Waals surface area (Å²) in [6, 6.07) is 0. The van der Waals surface area contributed by atoms with E-state index in [0.29, 0.717) is 0 Å². The molecule has 0 bridgehead atoms. The maximum atomic E-state index is 2.00. The van der Waals surface area contributed by atoms with Gasteiger partial charge in [-0.25, -0.2) is 0 Å². The summed E-state index contributed by atoms with van der Waals surface area (Å²) >= 11 is 0. The van der Waals surface area contributed by atoms with Crippen LogP contribution in [0.5, 0.6) is 0 Å². The molecule has 0 aliphatic heterocycles. The van der Waals surface area contributed by atoms with Crippen LogP contribution < -0.4 is 0 Å². The van der Waals surface area contributed by atoms with Gasteiger partial charge in [0, 0.05) is 25.8 Å². The Hall–Kier alpha value is 0.870. The molecule has 0 spiro atoms. The molecule has 0 N–H and O–H groups in total. The van der Waals surface area contributed by atoms with E-state index in [9.17, 15) is 0 Å². The summed E-state index contributed by atoms with van der Waals surface area (Å²) in [5.74, 6) is 0. The molecule has 0 aromatic carbocycles. The molecule has 0 saturated heterocycles. The molecule has 61 valence electrons. The smallest absolute Gasteiger partial charge is 0 e. The normalized spacial score (nSPS) is 20.0. The molecule has 2 aliphatic carbocycles. The number of rotatable bonds is 0. The zero-order valence-corrected chi connectivity index (χ0v) is 9.15. The van der Waals surface area contributed by atoms with Gasteiger partial charge in [0.05, 0.1) is 0 Å². The molecule has 0 aromatic heterocycles. The standard InChI is InChI=1S/2C5H5.CH3.Sc/c2*1-2-4-5-3-1;;/h2*1-5H;1H3;/q;;-1;. The first-order valence-electron chi connectivity index (χ1n) is 3.33. The van der Waals surface area contributed by atoms with Crippen molar-refractivity contribution in [2.24, 2.45) is 0 Å². The van der Waals surface area contributed by atoms with Gasteiger partial charge in [0.25, 0.3) is 0 Å². The zero-order valence-electron chi connectivity index (χ0n) is 7.35. The molecule has 0 unspecified atom stereocenters. The summed E-state index contributed by atoms with van der Waals surface area (Å²) in [5.41, 5.74) is 0. The zero-order chi connectivity index (χ0) is 7.07. The van der Waals surface area contributed by atoms with Gasteiger partial charge in [0.1, 0.15) is 0 Å². The second-order valence-corrected chi connectivity index (χ2v) is 1.92. The van der Waals surface area contributed by atoms with E-state index in [0.717, 1.165) is 0 Å². The quantitative estimate of drug-likeness (QED) is 0.515. The molecule has 12 heavy (non-hydrogen) atoms. The first-order valence-corrected chi connectivity index (χ1v) is 3.33. The second-order valence-electron chi connectivity index (χ2n) is 1.92. The Labute approximate surface area is 97.3 Å². The minimum absolute atomic E-state index is 0. The topological polar surface area (TPSA) is 0 Å². The van der Waals surface area contributed by atoms with Crippen molar-refractivity contribution in [3.8, 4) is 0 Å². The van der Waals surface area contributed by atoms with Crippen LogP contribution in [-0.4, -0.2) is 0 Å². The van der Waals surface area contributed by atoms with Crippen molar-refractivity contribution in [2.45, 2.75) is 0 Å². The fourth-order valence-electron chi connectivity index (χ4n) is 0.642. The third-order valence-corrected chi connectivity index (χ3v) is 1.11. The molecular weight excluding hydrogens is 177 g/mol. The third kappa shape index (κ3) is 8.96. The van der Waals surface area contributed by atoms with Crippen LogP contribution in [0.2, 0.25) is 0 Å². The van der Waals surface area contributed by atoms with E-state index in [1.807, 2.05) is 64.2 Å². The predicted molar refractivity (Wildman–Crippen MR) is 49.4 cm³/mol. The Morgan fingerprint density at radius 2 is 0.417 bits per heavy atom. The fraction of sp³-hybridized carbons (Fsp3) is 0. The van der Waals surface area contributed by atoms with Crippen molar-refractivity contribution in [3.63, 3.8) is 0 Å². The van der Waals surface area contributed by atoms with Gasteiger partial charge in [-0.15, -0.1) is 0 Å². The summed E-state index contributed by atoms with van der Waals surface area (Å²) in [6.45, 7) is 0. The van der Waals surface area contributed by atoms with Crippen LogP contribution in [0.3, 0.4) is 0 Å². The first kappa shape index (κ1) is 15.3. The van der Waals surface area contributed by atoms with E-state index in [2.05, 4.69) is 0 Å². The second kappa shape index (κ2) is 11.9. The Morgan fingerprint density at radius 1 is 0.333 bits per heavy atom. The molecule has 1 heteroatoms. The predicted octanol–water partition coefficient (Wildman–Crippen LogP) is 2.49. The van der Waals surface area contributed by atoms with E-state index in [1.54, 1.807) is 0 Å². The van der Waals surface area contributed by atoms with Gasteiger partial charge in [-0.1, -0.05) is 0 Å². The molecule has 0 amide bonds. The Bertz CT molecular complexity index is 38.2. The molecule has 2 fully saturated rings. The van der Waals surface area contributed by atoms with Crippen molar-refractivity contribution >= 4 is 0 Å². The van der Waals surface area contributed by atoms with Crippen molar-refractivity contribution < 1.29 is 25.8 Å². The van der Waals surface area contributed by atoms with Gasteiger partial charge >= 0.3 is 0 Å². The summed E-state index contributed by atoms with van der Waals surface area (Å²) in [6.07, 6.45) is 20.0. The van der Waals surface area contributed by atoms with Crippen LogP contribution in [0.25, 0.3) is 0 Å². The van der Waals surface area contributed by atoms with Crippen LogP contribution in [0, 0.1) is 71.6 Å². The van der Waals surface area contributed by atoms with Gasteiger partial charge in [-0.2, -0.15) is 0 Å². The average molecular weight is 190 g/mol. The molecular formula is C11H13Sc-. The van der Waals surface area contributed by atoms with Crippen molar-refractivity contribution in [1.29, 1.82) is 0 Å². The summed E-state index contributed by atoms with van der Waals surface area (Å²) in [4.78, 5) is 0. The monoisotopic (exact) mass is 190 g/mol. The van der Waals surface area contributed by atoms with Crippen molar-refractivity contribution in [1.82, 2.24) is 0 Å². The third-order valence-electron chi connectivity index (χ3n) is 1.11. The average Bonchev–Trinajstić information content (AvgIpc) is 2.67. The SMILES string of the molecule is [CH3-].[CH]1[CH][CH][CH][CH]1.[CH]1[CH][CH][CH][CH]1.[Sc]. The van der Waals surface area contributed by atoms with E-state index in [4.69, 9.17) is 0 Å². The van der Waals surface area contributed by atoms with E-state index >= 15 is 0 Å². The van der Waals surface area contributed by atoms with Crippen molar-refractivity contribution in [2.75, 3.05) is 0 Å². The van der Waals surface area contributed by atoms with Crippen LogP contribution in [0.4, 0.5) is 0 Å². The minimum Gasteiger partial charge on any atom is -0.358 e. The Morgan fingerprint density at radius 3 is 0.500 bits per heavy atom. The Kier molecular flexibility index (Phi) is 15.2. The van der Waals surface area contributed by atoms with Crippen LogP contribution in [-0.2, 0) is 25.8 Å². The van der Waals surface area contributed by atoms with Crippen LogP contribution in [0.1, 0.15) is 0 Å². The fourth-order valence-corrected chi connectivity index (χ4v) is 0.642. The van der Waals surface area contributed by atoms with Gasteiger partial charge in [-0.05, 0) is 64.2 Å². The number of hydrogen-bond acceptors (Lipinski definition) is 0. The van der Waals surface area contributed by atoms with Gasteiger partial charge < -0.3 is 7.43 Å². The van der Waals surface area contributed by atoms with Crippen molar-refractivity contribution in [3.05, 3.63) is 71.6 Å². The molecule has 0 atom stereocenters. The number of hydrogen-bond donors (Lipinski definition) is 0. The molecule has 2 aliphatic rings. The molecule has 0 aromatic rings. The maximum Gasteiger partial charge on any atom is 0 e. The van der Waals surface area contributed by atoms with Gasteiger partial charge in [0.2, 0.25) is 0 Å². The molecule has 11 radical (unpaired) electrons. The molecule has 0 heterocycles. The van der Waals surface area contributed by atoms with Crippen LogP contribution in [0.15, 0.2) is 0 Å². The molecule has 2 rings (SSSR count). The van der Waals surface area contributed by atoms with Crippen LogP contribution >= 0.6 is 0 Å². The summed E-state index contributed by atoms with van der Waals surface area (Å²) in [7, 11) is 0. The molecule has 0 nitrogen and oxygen atoms in total. The molecule has 2 saturated carbocycles.